The summed E-state index contributed by atoms with van der Waals surface area (Å²) in [6.45, 7) is -2.85. The molecule has 9 heteroatoms. The predicted octanol–water partition coefficient (Wildman–Crippen LogP) is 2.31. The van der Waals surface area contributed by atoms with E-state index in [9.17, 15) is 27.2 Å². The number of carboxylic acid groups (broad SMARTS) is 1. The van der Waals surface area contributed by atoms with E-state index in [1.54, 1.807) is 0 Å². The van der Waals surface area contributed by atoms with Gasteiger partial charge in [0.25, 0.3) is 0 Å². The van der Waals surface area contributed by atoms with Gasteiger partial charge >= 0.3 is 18.2 Å². The fraction of sp³-hybridized carbons (Fsp3) is 0.273. The van der Waals surface area contributed by atoms with Crippen molar-refractivity contribution in [2.75, 3.05) is 18.4 Å². The molecule has 0 bridgehead atoms. The molecule has 0 aliphatic rings. The molecule has 5 nitrogen and oxygen atoms in total. The Morgan fingerprint density at radius 2 is 1.95 bits per heavy atom. The van der Waals surface area contributed by atoms with Crippen LogP contribution in [0.5, 0.6) is 0 Å². The number of aliphatic carboxylic acids is 1. The second kappa shape index (κ2) is 6.22. The lowest BCUT2D eigenvalue weighted by atomic mass is 10.3. The molecule has 0 atom stereocenters. The third-order valence-electron chi connectivity index (χ3n) is 2.06. The van der Waals surface area contributed by atoms with Crippen LogP contribution in [0.3, 0.4) is 0 Å². The molecule has 2 N–H and O–H groups in total. The number of carboxylic acids is 1. The van der Waals surface area contributed by atoms with E-state index in [0.717, 1.165) is 12.1 Å². The van der Waals surface area contributed by atoms with Crippen LogP contribution >= 0.6 is 0 Å². The Morgan fingerprint density at radius 3 is 2.45 bits per heavy atom. The molecular weight excluding hydrogens is 284 g/mol. The Bertz CT molecular complexity index is 505. The maximum absolute atomic E-state index is 12.9. The van der Waals surface area contributed by atoms with Crippen molar-refractivity contribution in [1.82, 2.24) is 4.90 Å². The van der Waals surface area contributed by atoms with Crippen LogP contribution in [-0.4, -0.2) is 41.3 Å². The number of alkyl halides is 3. The van der Waals surface area contributed by atoms with E-state index in [2.05, 4.69) is 0 Å². The summed E-state index contributed by atoms with van der Waals surface area (Å²) in [6, 6.07) is 3.20. The van der Waals surface area contributed by atoms with Crippen LogP contribution in [-0.2, 0) is 4.79 Å². The number of amides is 2. The first-order valence-corrected chi connectivity index (χ1v) is 5.27. The summed E-state index contributed by atoms with van der Waals surface area (Å²) in [5, 5.41) is 10.5. The molecular formula is C11H10F4N2O3. The van der Waals surface area contributed by atoms with Gasteiger partial charge in [-0.15, -0.1) is 0 Å². The van der Waals surface area contributed by atoms with Crippen molar-refractivity contribution in [3.63, 3.8) is 0 Å². The minimum absolute atomic E-state index is 0.0627. The summed E-state index contributed by atoms with van der Waals surface area (Å²) in [7, 11) is 0. The van der Waals surface area contributed by atoms with E-state index in [1.165, 1.54) is 12.1 Å². The highest BCUT2D eigenvalue weighted by molar-refractivity contribution is 5.91. The second-order valence-electron chi connectivity index (χ2n) is 3.81. The normalized spacial score (nSPS) is 11.0. The van der Waals surface area contributed by atoms with Crippen molar-refractivity contribution in [2.45, 2.75) is 6.18 Å². The van der Waals surface area contributed by atoms with Gasteiger partial charge in [0.1, 0.15) is 18.9 Å². The zero-order valence-electron chi connectivity index (χ0n) is 9.95. The topological polar surface area (TPSA) is 69.6 Å². The average Bonchev–Trinajstić information content (AvgIpc) is 2.25. The highest BCUT2D eigenvalue weighted by atomic mass is 19.4. The molecule has 20 heavy (non-hydrogen) atoms. The highest BCUT2D eigenvalue weighted by Gasteiger charge is 2.34. The van der Waals surface area contributed by atoms with Crippen molar-refractivity contribution in [3.05, 3.63) is 30.1 Å². The van der Waals surface area contributed by atoms with Crippen molar-refractivity contribution < 1.29 is 32.3 Å². The summed E-state index contributed by atoms with van der Waals surface area (Å²) < 4.78 is 49.6. The minimum Gasteiger partial charge on any atom is -0.480 e. The van der Waals surface area contributed by atoms with Gasteiger partial charge in [0.15, 0.2) is 0 Å². The predicted molar refractivity (Wildman–Crippen MR) is 60.7 cm³/mol. The van der Waals surface area contributed by atoms with Crippen molar-refractivity contribution in [2.24, 2.45) is 0 Å². The number of hydrogen-bond donors (Lipinski definition) is 2. The fourth-order valence-electron chi connectivity index (χ4n) is 1.35. The van der Waals surface area contributed by atoms with Crippen molar-refractivity contribution >= 4 is 17.7 Å². The lowest BCUT2D eigenvalue weighted by molar-refractivity contribution is -0.148. The van der Waals surface area contributed by atoms with Gasteiger partial charge in [0.05, 0.1) is 0 Å². The first-order chi connectivity index (χ1) is 9.17. The van der Waals surface area contributed by atoms with E-state index in [1.807, 2.05) is 5.32 Å². The van der Waals surface area contributed by atoms with Crippen LogP contribution in [0.2, 0.25) is 0 Å². The lowest BCUT2D eigenvalue weighted by Gasteiger charge is -2.22. The number of carbonyl (C=O) groups excluding carboxylic acids is 1. The number of carbonyl (C=O) groups is 2. The maximum atomic E-state index is 12.9. The molecule has 0 saturated heterocycles. The van der Waals surface area contributed by atoms with Gasteiger partial charge in [0, 0.05) is 5.69 Å². The van der Waals surface area contributed by atoms with Crippen LogP contribution in [0.4, 0.5) is 28.0 Å². The summed E-state index contributed by atoms with van der Waals surface area (Å²) in [5.74, 6) is -2.29. The van der Waals surface area contributed by atoms with E-state index >= 15 is 0 Å². The highest BCUT2D eigenvalue weighted by Crippen LogP contribution is 2.17. The molecule has 0 radical (unpaired) electrons. The van der Waals surface area contributed by atoms with E-state index in [-0.39, 0.29) is 10.6 Å². The number of nitrogens with one attached hydrogen (secondary N) is 1. The summed E-state index contributed by atoms with van der Waals surface area (Å²) in [5.41, 5.74) is -0.0763. The van der Waals surface area contributed by atoms with Gasteiger partial charge in [-0.2, -0.15) is 13.2 Å². The summed E-state index contributed by atoms with van der Waals surface area (Å²) in [4.78, 5) is 22.1. The van der Waals surface area contributed by atoms with E-state index in [4.69, 9.17) is 5.11 Å². The van der Waals surface area contributed by atoms with Crippen LogP contribution < -0.4 is 5.32 Å². The molecule has 0 aliphatic carbocycles. The largest absolute Gasteiger partial charge is 0.480 e. The minimum atomic E-state index is -4.74. The van der Waals surface area contributed by atoms with Crippen LogP contribution in [0.25, 0.3) is 0 Å². The van der Waals surface area contributed by atoms with Crippen molar-refractivity contribution in [3.8, 4) is 0 Å². The maximum Gasteiger partial charge on any atom is 0.406 e. The number of hydrogen-bond acceptors (Lipinski definition) is 2. The molecule has 0 unspecified atom stereocenters. The van der Waals surface area contributed by atoms with Gasteiger partial charge in [0.2, 0.25) is 0 Å². The number of rotatable bonds is 4. The number of urea groups is 1. The third kappa shape index (κ3) is 5.55. The Hall–Kier alpha value is -2.32. The van der Waals surface area contributed by atoms with Crippen LogP contribution in [0.15, 0.2) is 24.3 Å². The monoisotopic (exact) mass is 294 g/mol. The molecule has 0 spiro atoms. The van der Waals surface area contributed by atoms with Crippen LogP contribution in [0, 0.1) is 5.82 Å². The Balaban J connectivity index is 2.79. The van der Waals surface area contributed by atoms with Crippen molar-refractivity contribution in [1.29, 1.82) is 0 Å². The number of benzene rings is 1. The van der Waals surface area contributed by atoms with Gasteiger partial charge in [-0.25, -0.2) is 9.18 Å². The smallest absolute Gasteiger partial charge is 0.406 e. The van der Waals surface area contributed by atoms with Gasteiger partial charge in [-0.05, 0) is 18.2 Å². The lowest BCUT2D eigenvalue weighted by Crippen LogP contribution is -2.44. The van der Waals surface area contributed by atoms with Gasteiger partial charge in [-0.3, -0.25) is 4.79 Å². The molecule has 0 fully saturated rings. The summed E-state index contributed by atoms with van der Waals surface area (Å²) in [6.07, 6.45) is -4.74. The molecule has 0 heterocycles. The Labute approximate surface area is 110 Å². The molecule has 1 rings (SSSR count). The Kier molecular flexibility index (Phi) is 4.89. The van der Waals surface area contributed by atoms with Gasteiger partial charge < -0.3 is 15.3 Å². The molecule has 0 aliphatic heterocycles. The third-order valence-corrected chi connectivity index (χ3v) is 2.06. The fourth-order valence-corrected chi connectivity index (χ4v) is 1.35. The molecule has 0 aromatic heterocycles. The quantitative estimate of drug-likeness (QED) is 0.837. The first-order valence-electron chi connectivity index (χ1n) is 5.27. The SMILES string of the molecule is O=C(O)CN(CC(F)(F)F)C(=O)Nc1cccc(F)c1. The molecule has 1 aromatic carbocycles. The van der Waals surface area contributed by atoms with E-state index in [0.29, 0.717) is 0 Å². The number of halogens is 4. The summed E-state index contributed by atoms with van der Waals surface area (Å²) >= 11 is 0. The first kappa shape index (κ1) is 15.7. The van der Waals surface area contributed by atoms with E-state index < -0.39 is 37.1 Å². The second-order valence-corrected chi connectivity index (χ2v) is 3.81. The molecule has 2 amide bonds. The average molecular weight is 294 g/mol. The molecule has 110 valence electrons. The number of anilines is 1. The van der Waals surface area contributed by atoms with Crippen LogP contribution in [0.1, 0.15) is 0 Å². The zero-order chi connectivity index (χ0) is 15.3. The molecule has 0 saturated carbocycles. The molecule has 1 aromatic rings. The van der Waals surface area contributed by atoms with Gasteiger partial charge in [-0.1, -0.05) is 6.07 Å². The standard InChI is InChI=1S/C11H10F4N2O3/c12-7-2-1-3-8(4-7)16-10(20)17(5-9(18)19)6-11(13,14)15/h1-4H,5-6H2,(H,16,20)(H,18,19). The zero-order valence-corrected chi connectivity index (χ0v) is 9.95. The number of nitrogens with zero attached hydrogens (tertiary/aromatic N) is 1. The Morgan fingerprint density at radius 1 is 1.30 bits per heavy atom.